The number of sulfone groups is 1. The van der Waals surface area contributed by atoms with Crippen molar-refractivity contribution in [2.45, 2.75) is 29.9 Å². The highest BCUT2D eigenvalue weighted by molar-refractivity contribution is 7.91. The van der Waals surface area contributed by atoms with Gasteiger partial charge in [0.1, 0.15) is 5.82 Å². The second-order valence-electron chi connectivity index (χ2n) is 7.43. The lowest BCUT2D eigenvalue weighted by molar-refractivity contribution is -0.117. The number of anilines is 1. The first-order chi connectivity index (χ1) is 14.2. The second kappa shape index (κ2) is 9.61. The van der Waals surface area contributed by atoms with Gasteiger partial charge in [-0.1, -0.05) is 12.1 Å². The maximum Gasteiger partial charge on any atom is 0.341 e. The third-order valence-corrected chi connectivity index (χ3v) is 6.61. The van der Waals surface area contributed by atoms with Gasteiger partial charge in [-0.3, -0.25) is 9.69 Å². The fourth-order valence-electron chi connectivity index (χ4n) is 3.54. The van der Waals surface area contributed by atoms with Crippen molar-refractivity contribution in [2.75, 3.05) is 25.0 Å². The predicted octanol–water partition coefficient (Wildman–Crippen LogP) is 3.72. The molecule has 1 fully saturated rings. The fourth-order valence-corrected chi connectivity index (χ4v) is 4.26. The normalized spacial score (nSPS) is 16.0. The van der Waals surface area contributed by atoms with Crippen LogP contribution in [0.4, 0.5) is 18.9 Å². The maximum atomic E-state index is 13.0. The molecule has 9 heteroatoms. The Morgan fingerprint density at radius 3 is 2.20 bits per heavy atom. The quantitative estimate of drug-likeness (QED) is 0.713. The summed E-state index contributed by atoms with van der Waals surface area (Å²) >= 11 is 0. The largest absolute Gasteiger partial charge is 0.341 e. The molecule has 1 amide bonds. The Kier molecular flexibility index (Phi) is 7.14. The first kappa shape index (κ1) is 22.3. The summed E-state index contributed by atoms with van der Waals surface area (Å²) in [5.74, 6) is -3.50. The SMILES string of the molecule is O=C(CN1CCC(Cc2ccc(F)cc2)CC1)Nc1ccc(S(=O)(=O)C(F)F)cc1. The Hall–Kier alpha value is -2.39. The Morgan fingerprint density at radius 1 is 1.03 bits per heavy atom. The highest BCUT2D eigenvalue weighted by atomic mass is 32.2. The predicted molar refractivity (Wildman–Crippen MR) is 108 cm³/mol. The number of carbonyl (C=O) groups excluding carboxylic acids is 1. The molecule has 0 spiro atoms. The van der Waals surface area contributed by atoms with Crippen molar-refractivity contribution in [3.05, 3.63) is 59.9 Å². The number of benzene rings is 2. The summed E-state index contributed by atoms with van der Waals surface area (Å²) in [7, 11) is -4.65. The van der Waals surface area contributed by atoms with Crippen molar-refractivity contribution in [3.63, 3.8) is 0 Å². The van der Waals surface area contributed by atoms with E-state index in [1.54, 1.807) is 12.1 Å². The number of amides is 1. The molecule has 1 aliphatic rings. The lowest BCUT2D eigenvalue weighted by atomic mass is 9.90. The molecule has 0 aliphatic carbocycles. The van der Waals surface area contributed by atoms with E-state index in [-0.39, 0.29) is 18.3 Å². The Morgan fingerprint density at radius 2 is 1.63 bits per heavy atom. The molecule has 0 atom stereocenters. The van der Waals surface area contributed by atoms with Gasteiger partial charge in [0.05, 0.1) is 11.4 Å². The van der Waals surface area contributed by atoms with E-state index >= 15 is 0 Å². The third-order valence-electron chi connectivity index (χ3n) is 5.21. The lowest BCUT2D eigenvalue weighted by Gasteiger charge is -2.31. The van der Waals surface area contributed by atoms with Crippen LogP contribution in [0.15, 0.2) is 53.4 Å². The molecule has 5 nitrogen and oxygen atoms in total. The van der Waals surface area contributed by atoms with E-state index in [2.05, 4.69) is 5.32 Å². The molecule has 0 bridgehead atoms. The van der Waals surface area contributed by atoms with E-state index < -0.39 is 20.5 Å². The van der Waals surface area contributed by atoms with Crippen LogP contribution < -0.4 is 5.32 Å². The van der Waals surface area contributed by atoms with Crippen molar-refractivity contribution in [3.8, 4) is 0 Å². The standard InChI is InChI=1S/C21H23F3N2O3S/c22-17-3-1-15(2-4-17)13-16-9-11-26(12-10-16)14-20(27)25-18-5-7-19(8-6-18)30(28,29)21(23)24/h1-8,16,21H,9-14H2,(H,25,27). The van der Waals surface area contributed by atoms with E-state index in [0.717, 1.165) is 50.0 Å². The summed E-state index contributed by atoms with van der Waals surface area (Å²) in [4.78, 5) is 13.8. The zero-order chi connectivity index (χ0) is 21.7. The zero-order valence-corrected chi connectivity index (χ0v) is 17.0. The Bertz CT molecular complexity index is 956. The van der Waals surface area contributed by atoms with Crippen LogP contribution in [0.25, 0.3) is 0 Å². The first-order valence-electron chi connectivity index (χ1n) is 9.63. The number of halogens is 3. The van der Waals surface area contributed by atoms with Crippen LogP contribution in [0.1, 0.15) is 18.4 Å². The van der Waals surface area contributed by atoms with Crippen molar-refractivity contribution < 1.29 is 26.4 Å². The summed E-state index contributed by atoms with van der Waals surface area (Å²) in [6.45, 7) is 1.73. The average molecular weight is 440 g/mol. The smallest absolute Gasteiger partial charge is 0.325 e. The molecule has 2 aromatic carbocycles. The Balaban J connectivity index is 1.45. The van der Waals surface area contributed by atoms with Gasteiger partial charge in [0, 0.05) is 5.69 Å². The molecule has 1 heterocycles. The molecule has 0 saturated carbocycles. The number of hydrogen-bond acceptors (Lipinski definition) is 4. The van der Waals surface area contributed by atoms with E-state index in [4.69, 9.17) is 0 Å². The number of nitrogens with zero attached hydrogens (tertiary/aromatic N) is 1. The number of hydrogen-bond donors (Lipinski definition) is 1. The van der Waals surface area contributed by atoms with E-state index in [1.165, 1.54) is 24.3 Å². The van der Waals surface area contributed by atoms with Crippen LogP contribution in [0, 0.1) is 11.7 Å². The highest BCUT2D eigenvalue weighted by Gasteiger charge is 2.26. The number of rotatable bonds is 7. The van der Waals surface area contributed by atoms with E-state index in [1.807, 2.05) is 4.90 Å². The van der Waals surface area contributed by atoms with Gasteiger partial charge in [-0.2, -0.15) is 8.78 Å². The monoisotopic (exact) mass is 440 g/mol. The number of likely N-dealkylation sites (tertiary alicyclic amines) is 1. The van der Waals surface area contributed by atoms with Crippen LogP contribution in [0.5, 0.6) is 0 Å². The Labute approximate surface area is 173 Å². The summed E-state index contributed by atoms with van der Waals surface area (Å²) < 4.78 is 61.0. The van der Waals surface area contributed by atoms with E-state index in [9.17, 15) is 26.4 Å². The van der Waals surface area contributed by atoms with Gasteiger partial charge in [0.15, 0.2) is 0 Å². The van der Waals surface area contributed by atoms with Crippen LogP contribution in [0.3, 0.4) is 0 Å². The van der Waals surface area contributed by atoms with E-state index in [0.29, 0.717) is 11.6 Å². The number of piperidine rings is 1. The summed E-state index contributed by atoms with van der Waals surface area (Å²) in [5.41, 5.74) is 1.45. The highest BCUT2D eigenvalue weighted by Crippen LogP contribution is 2.23. The van der Waals surface area contributed by atoms with Crippen LogP contribution in [0.2, 0.25) is 0 Å². The van der Waals surface area contributed by atoms with Gasteiger partial charge >= 0.3 is 5.76 Å². The number of alkyl halides is 2. The third kappa shape index (κ3) is 5.82. The average Bonchev–Trinajstić information content (AvgIpc) is 2.71. The molecule has 2 aromatic rings. The van der Waals surface area contributed by atoms with Crippen LogP contribution >= 0.6 is 0 Å². The van der Waals surface area contributed by atoms with Gasteiger partial charge in [0.25, 0.3) is 0 Å². The molecule has 0 radical (unpaired) electrons. The molecule has 162 valence electrons. The summed E-state index contributed by atoms with van der Waals surface area (Å²) in [5, 5.41) is 2.66. The molecule has 1 aliphatic heterocycles. The molecule has 0 unspecified atom stereocenters. The topological polar surface area (TPSA) is 66.5 Å². The first-order valence-corrected chi connectivity index (χ1v) is 11.2. The zero-order valence-electron chi connectivity index (χ0n) is 16.2. The molecule has 30 heavy (non-hydrogen) atoms. The summed E-state index contributed by atoms with van der Waals surface area (Å²) in [6, 6.07) is 11.2. The fraction of sp³-hybridized carbons (Fsp3) is 0.381. The lowest BCUT2D eigenvalue weighted by Crippen LogP contribution is -2.39. The second-order valence-corrected chi connectivity index (χ2v) is 9.35. The molecule has 0 aromatic heterocycles. The summed E-state index contributed by atoms with van der Waals surface area (Å²) in [6.07, 6.45) is 2.75. The molecule has 1 N–H and O–H groups in total. The molecule has 3 rings (SSSR count). The van der Waals surface area contributed by atoms with Gasteiger partial charge in [-0.05, 0) is 80.2 Å². The molecule has 1 saturated heterocycles. The molecular formula is C21H23F3N2O3S. The van der Waals surface area contributed by atoms with Gasteiger partial charge in [0.2, 0.25) is 15.7 Å². The van der Waals surface area contributed by atoms with Crippen molar-refractivity contribution in [2.24, 2.45) is 5.92 Å². The van der Waals surface area contributed by atoms with Crippen molar-refractivity contribution in [1.82, 2.24) is 4.90 Å². The number of carbonyl (C=O) groups is 1. The number of nitrogens with one attached hydrogen (secondary N) is 1. The van der Waals surface area contributed by atoms with Crippen LogP contribution in [-0.4, -0.2) is 44.6 Å². The maximum absolute atomic E-state index is 13.0. The minimum atomic E-state index is -4.65. The van der Waals surface area contributed by atoms with Gasteiger partial charge in [-0.15, -0.1) is 0 Å². The van der Waals surface area contributed by atoms with Gasteiger partial charge < -0.3 is 5.32 Å². The molecular weight excluding hydrogens is 417 g/mol. The minimum absolute atomic E-state index is 0.195. The minimum Gasteiger partial charge on any atom is -0.325 e. The van der Waals surface area contributed by atoms with Gasteiger partial charge in [-0.25, -0.2) is 12.8 Å². The van der Waals surface area contributed by atoms with Crippen molar-refractivity contribution in [1.29, 1.82) is 0 Å². The van der Waals surface area contributed by atoms with Crippen molar-refractivity contribution >= 4 is 21.4 Å². The van der Waals surface area contributed by atoms with Crippen LogP contribution in [-0.2, 0) is 21.1 Å².